The van der Waals surface area contributed by atoms with Gasteiger partial charge in [0, 0.05) is 12.6 Å². The summed E-state index contributed by atoms with van der Waals surface area (Å²) in [7, 11) is -3.16. The van der Waals surface area contributed by atoms with Crippen LogP contribution in [-0.2, 0) is 20.8 Å². The Labute approximate surface area is 168 Å². The van der Waals surface area contributed by atoms with Crippen LogP contribution in [0.3, 0.4) is 0 Å². The maximum absolute atomic E-state index is 13.1. The molecule has 1 saturated heterocycles. The highest BCUT2D eigenvalue weighted by Crippen LogP contribution is 2.34. The Morgan fingerprint density at radius 3 is 2.43 bits per heavy atom. The highest BCUT2D eigenvalue weighted by molar-refractivity contribution is 7.91. The molecule has 1 aromatic carbocycles. The maximum Gasteiger partial charge on any atom is 0.416 e. The number of hydrogen-bond donors (Lipinski definition) is 1. The van der Waals surface area contributed by atoms with Crippen molar-refractivity contribution >= 4 is 33.0 Å². The average molecular weight is 441 g/mol. The molecule has 0 unspecified atom stereocenters. The van der Waals surface area contributed by atoms with Crippen LogP contribution in [-0.4, -0.2) is 49.4 Å². The number of benzene rings is 1. The zero-order valence-corrected chi connectivity index (χ0v) is 17.5. The van der Waals surface area contributed by atoms with E-state index in [9.17, 15) is 26.4 Å². The number of amides is 1. The first kappa shape index (κ1) is 22.8. The summed E-state index contributed by atoms with van der Waals surface area (Å²) in [6, 6.07) is 1.76. The van der Waals surface area contributed by atoms with Crippen LogP contribution in [0.5, 0.6) is 0 Å². The fourth-order valence-corrected chi connectivity index (χ4v) is 5.25. The predicted octanol–water partition coefficient (Wildman–Crippen LogP) is 3.83. The van der Waals surface area contributed by atoms with Crippen LogP contribution in [0, 0.1) is 5.92 Å². The third-order valence-electron chi connectivity index (χ3n) is 4.81. The van der Waals surface area contributed by atoms with E-state index in [1.54, 1.807) is 20.8 Å². The van der Waals surface area contributed by atoms with E-state index in [-0.39, 0.29) is 34.0 Å². The zero-order chi connectivity index (χ0) is 21.3. The molecule has 1 N–H and O–H groups in total. The van der Waals surface area contributed by atoms with Crippen molar-refractivity contribution in [3.8, 4) is 0 Å². The van der Waals surface area contributed by atoms with E-state index >= 15 is 0 Å². The highest BCUT2D eigenvalue weighted by atomic mass is 35.5. The number of alkyl halides is 3. The SMILES string of the molecule is CCN(C(=O)[C@@H](Nc1ccc(C(F)(F)F)cc1Cl)C(C)C)[C@H]1CCS(=O)(=O)C1. The number of hydrogen-bond acceptors (Lipinski definition) is 4. The molecule has 0 saturated carbocycles. The van der Waals surface area contributed by atoms with E-state index in [1.807, 2.05) is 0 Å². The molecule has 0 aromatic heterocycles. The molecular formula is C18H24ClF3N2O3S. The van der Waals surface area contributed by atoms with Crippen LogP contribution >= 0.6 is 11.6 Å². The third kappa shape index (κ3) is 5.31. The minimum absolute atomic E-state index is 0.0476. The largest absolute Gasteiger partial charge is 0.416 e. The molecule has 0 bridgehead atoms. The maximum atomic E-state index is 13.1. The van der Waals surface area contributed by atoms with Crippen LogP contribution in [0.2, 0.25) is 5.02 Å². The first-order valence-corrected chi connectivity index (χ1v) is 11.2. The van der Waals surface area contributed by atoms with Gasteiger partial charge in [-0.25, -0.2) is 8.42 Å². The van der Waals surface area contributed by atoms with Gasteiger partial charge in [0.1, 0.15) is 6.04 Å². The molecule has 1 aliphatic heterocycles. The summed E-state index contributed by atoms with van der Waals surface area (Å²) in [6.07, 6.45) is -4.13. The Morgan fingerprint density at radius 2 is 2.00 bits per heavy atom. The predicted molar refractivity (Wildman–Crippen MR) is 103 cm³/mol. The Hall–Kier alpha value is -1.48. The summed E-state index contributed by atoms with van der Waals surface area (Å²) < 4.78 is 62.0. The quantitative estimate of drug-likeness (QED) is 0.730. The molecule has 1 aromatic rings. The fraction of sp³-hybridized carbons (Fsp3) is 0.611. The van der Waals surface area contributed by atoms with E-state index in [4.69, 9.17) is 11.6 Å². The van der Waals surface area contributed by atoms with Crippen molar-refractivity contribution in [2.45, 2.75) is 45.5 Å². The van der Waals surface area contributed by atoms with Crippen LogP contribution in [0.15, 0.2) is 18.2 Å². The van der Waals surface area contributed by atoms with Crippen molar-refractivity contribution in [2.75, 3.05) is 23.4 Å². The molecule has 1 fully saturated rings. The molecule has 1 aliphatic rings. The lowest BCUT2D eigenvalue weighted by atomic mass is 10.0. The van der Waals surface area contributed by atoms with Gasteiger partial charge in [-0.15, -0.1) is 0 Å². The van der Waals surface area contributed by atoms with E-state index in [1.165, 1.54) is 11.0 Å². The number of likely N-dealkylation sites (N-methyl/N-ethyl adjacent to an activating group) is 1. The third-order valence-corrected chi connectivity index (χ3v) is 6.88. The lowest BCUT2D eigenvalue weighted by Gasteiger charge is -2.33. The number of carbonyl (C=O) groups is 1. The van der Waals surface area contributed by atoms with Gasteiger partial charge in [-0.2, -0.15) is 13.2 Å². The van der Waals surface area contributed by atoms with Gasteiger partial charge in [-0.1, -0.05) is 25.4 Å². The number of nitrogens with one attached hydrogen (secondary N) is 1. The normalized spacial score (nSPS) is 20.2. The molecule has 28 heavy (non-hydrogen) atoms. The van der Waals surface area contributed by atoms with Gasteiger partial charge < -0.3 is 10.2 Å². The van der Waals surface area contributed by atoms with Crippen molar-refractivity contribution in [2.24, 2.45) is 5.92 Å². The first-order chi connectivity index (χ1) is 12.9. The summed E-state index contributed by atoms with van der Waals surface area (Å²) in [5.74, 6) is -0.516. The van der Waals surface area contributed by atoms with Crippen LogP contribution in [0.25, 0.3) is 0 Å². The Kier molecular flexibility index (Phi) is 6.91. The van der Waals surface area contributed by atoms with E-state index in [2.05, 4.69) is 5.32 Å². The lowest BCUT2D eigenvalue weighted by Crippen LogP contribution is -2.50. The summed E-state index contributed by atoms with van der Waals surface area (Å²) in [5.41, 5.74) is -0.654. The monoisotopic (exact) mass is 440 g/mol. The smallest absolute Gasteiger partial charge is 0.372 e. The molecule has 10 heteroatoms. The lowest BCUT2D eigenvalue weighted by molar-refractivity contribution is -0.137. The standard InChI is InChI=1S/C18H24ClF3N2O3S/c1-4-24(13-7-8-28(26,27)10-13)17(25)16(11(2)3)23-15-6-5-12(9-14(15)19)18(20,21)22/h5-6,9,11,13,16,23H,4,7-8,10H2,1-3H3/t13-,16-/m0/s1. The van der Waals surface area contributed by atoms with Crippen LogP contribution < -0.4 is 5.32 Å². The van der Waals surface area contributed by atoms with Gasteiger partial charge in [-0.05, 0) is 37.5 Å². The van der Waals surface area contributed by atoms with Crippen LogP contribution in [0.4, 0.5) is 18.9 Å². The number of nitrogens with zero attached hydrogens (tertiary/aromatic N) is 1. The molecule has 1 amide bonds. The minimum atomic E-state index is -4.51. The van der Waals surface area contributed by atoms with Gasteiger partial charge in [0.25, 0.3) is 0 Å². The number of sulfone groups is 1. The minimum Gasteiger partial charge on any atom is -0.372 e. The van der Waals surface area contributed by atoms with E-state index in [0.29, 0.717) is 13.0 Å². The first-order valence-electron chi connectivity index (χ1n) is 9.00. The fourth-order valence-electron chi connectivity index (χ4n) is 3.28. The average Bonchev–Trinajstić information content (AvgIpc) is 2.92. The molecule has 158 valence electrons. The second kappa shape index (κ2) is 8.49. The molecule has 0 spiro atoms. The van der Waals surface area contributed by atoms with Crippen molar-refractivity contribution in [1.82, 2.24) is 4.90 Å². The number of carbonyl (C=O) groups excluding carboxylic acids is 1. The Bertz CT molecular complexity index is 828. The number of halogens is 4. The molecule has 1 heterocycles. The van der Waals surface area contributed by atoms with Gasteiger partial charge in [0.2, 0.25) is 5.91 Å². The van der Waals surface area contributed by atoms with Crippen LogP contribution in [0.1, 0.15) is 32.8 Å². The van der Waals surface area contributed by atoms with Crippen molar-refractivity contribution < 1.29 is 26.4 Å². The molecule has 0 aliphatic carbocycles. The number of anilines is 1. The Balaban J connectivity index is 2.24. The molecule has 5 nitrogen and oxygen atoms in total. The number of rotatable bonds is 6. The molecule has 0 radical (unpaired) electrons. The summed E-state index contributed by atoms with van der Waals surface area (Å²) >= 11 is 6.00. The van der Waals surface area contributed by atoms with E-state index < -0.39 is 33.7 Å². The second-order valence-corrected chi connectivity index (χ2v) is 9.88. The zero-order valence-electron chi connectivity index (χ0n) is 15.9. The topological polar surface area (TPSA) is 66.5 Å². The molecule has 2 rings (SSSR count). The highest BCUT2D eigenvalue weighted by Gasteiger charge is 2.37. The van der Waals surface area contributed by atoms with Gasteiger partial charge in [0.15, 0.2) is 9.84 Å². The second-order valence-electron chi connectivity index (χ2n) is 7.24. The molecular weight excluding hydrogens is 417 g/mol. The Morgan fingerprint density at radius 1 is 1.36 bits per heavy atom. The van der Waals surface area contributed by atoms with E-state index in [0.717, 1.165) is 12.1 Å². The molecule has 2 atom stereocenters. The van der Waals surface area contributed by atoms with Gasteiger partial charge >= 0.3 is 6.18 Å². The van der Waals surface area contributed by atoms with Gasteiger partial charge in [0.05, 0.1) is 27.8 Å². The van der Waals surface area contributed by atoms with Crippen molar-refractivity contribution in [3.05, 3.63) is 28.8 Å². The summed E-state index contributed by atoms with van der Waals surface area (Å²) in [5, 5.41) is 2.81. The van der Waals surface area contributed by atoms with Crippen molar-refractivity contribution in [1.29, 1.82) is 0 Å². The summed E-state index contributed by atoms with van der Waals surface area (Å²) in [4.78, 5) is 14.6. The van der Waals surface area contributed by atoms with Gasteiger partial charge in [-0.3, -0.25) is 4.79 Å². The summed E-state index contributed by atoms with van der Waals surface area (Å²) in [6.45, 7) is 5.70. The van der Waals surface area contributed by atoms with Crippen molar-refractivity contribution in [3.63, 3.8) is 0 Å².